The summed E-state index contributed by atoms with van der Waals surface area (Å²) >= 11 is 1.22. The van der Waals surface area contributed by atoms with E-state index in [1.54, 1.807) is 18.2 Å². The Morgan fingerprint density at radius 3 is 2.82 bits per heavy atom. The molecule has 0 radical (unpaired) electrons. The van der Waals surface area contributed by atoms with Gasteiger partial charge in [-0.15, -0.1) is 11.8 Å². The van der Waals surface area contributed by atoms with E-state index < -0.39 is 12.0 Å². The van der Waals surface area contributed by atoms with Crippen molar-refractivity contribution in [2.24, 2.45) is 0 Å². The Labute approximate surface area is 104 Å². The Kier molecular flexibility index (Phi) is 6.00. The molecular weight excluding hydrogens is 241 g/mol. The second-order valence-corrected chi connectivity index (χ2v) is 4.65. The van der Waals surface area contributed by atoms with Crippen LogP contribution in [0.25, 0.3) is 0 Å². The first-order valence-corrected chi connectivity index (χ1v) is 6.47. The van der Waals surface area contributed by atoms with Crippen LogP contribution < -0.4 is 5.32 Å². The molecule has 2 N–H and O–H groups in total. The highest BCUT2D eigenvalue weighted by atomic mass is 32.2. The summed E-state index contributed by atoms with van der Waals surface area (Å²) in [6, 6.07) is 5.74. The van der Waals surface area contributed by atoms with E-state index in [2.05, 4.69) is 5.32 Å². The monoisotopic (exact) mass is 257 g/mol. The first kappa shape index (κ1) is 14.0. The summed E-state index contributed by atoms with van der Waals surface area (Å²) < 4.78 is 13.3. The van der Waals surface area contributed by atoms with Crippen LogP contribution in [0.3, 0.4) is 0 Å². The van der Waals surface area contributed by atoms with Crippen molar-refractivity contribution in [3.8, 4) is 0 Å². The lowest BCUT2D eigenvalue weighted by atomic mass is 10.3. The number of thioether (sulfide) groups is 1. The first-order valence-electron chi connectivity index (χ1n) is 5.48. The Morgan fingerprint density at radius 2 is 2.24 bits per heavy atom. The van der Waals surface area contributed by atoms with E-state index in [1.807, 2.05) is 6.92 Å². The maximum atomic E-state index is 13.3. The molecule has 0 aliphatic heterocycles. The molecule has 1 atom stereocenters. The summed E-state index contributed by atoms with van der Waals surface area (Å²) in [6.45, 7) is 2.62. The zero-order valence-corrected chi connectivity index (χ0v) is 10.5. The van der Waals surface area contributed by atoms with E-state index in [4.69, 9.17) is 5.11 Å². The van der Waals surface area contributed by atoms with E-state index in [-0.39, 0.29) is 5.82 Å². The van der Waals surface area contributed by atoms with Crippen molar-refractivity contribution in [1.29, 1.82) is 0 Å². The van der Waals surface area contributed by atoms with Crippen molar-refractivity contribution in [3.63, 3.8) is 0 Å². The second-order valence-electron chi connectivity index (χ2n) is 3.59. The zero-order valence-electron chi connectivity index (χ0n) is 9.65. The molecule has 0 aliphatic rings. The molecular formula is C12H16FNO2S. The molecule has 17 heavy (non-hydrogen) atoms. The molecule has 5 heteroatoms. The summed E-state index contributed by atoms with van der Waals surface area (Å²) in [7, 11) is 0. The van der Waals surface area contributed by atoms with E-state index in [9.17, 15) is 9.18 Å². The van der Waals surface area contributed by atoms with Crippen LogP contribution in [0.2, 0.25) is 0 Å². The van der Waals surface area contributed by atoms with Gasteiger partial charge in [0.2, 0.25) is 0 Å². The molecule has 0 aromatic heterocycles. The maximum absolute atomic E-state index is 13.3. The molecule has 1 unspecified atom stereocenters. The fourth-order valence-electron chi connectivity index (χ4n) is 1.27. The molecule has 0 heterocycles. The van der Waals surface area contributed by atoms with Crippen LogP contribution in [-0.2, 0) is 4.79 Å². The maximum Gasteiger partial charge on any atom is 0.321 e. The van der Waals surface area contributed by atoms with Gasteiger partial charge in [0.05, 0.1) is 0 Å². The topological polar surface area (TPSA) is 49.3 Å². The van der Waals surface area contributed by atoms with E-state index in [1.165, 1.54) is 17.8 Å². The van der Waals surface area contributed by atoms with Gasteiger partial charge in [0, 0.05) is 10.6 Å². The number of nitrogens with one attached hydrogen (secondary N) is 1. The SMILES string of the molecule is CCCNC(CSc1ccccc1F)C(=O)O. The molecule has 94 valence electrons. The average molecular weight is 257 g/mol. The third kappa shape index (κ3) is 4.75. The number of carboxylic acids is 1. The molecule has 1 aromatic carbocycles. The molecule has 0 fully saturated rings. The predicted octanol–water partition coefficient (Wildman–Crippen LogP) is 2.37. The lowest BCUT2D eigenvalue weighted by molar-refractivity contribution is -0.138. The third-order valence-electron chi connectivity index (χ3n) is 2.18. The van der Waals surface area contributed by atoms with Crippen LogP contribution in [0, 0.1) is 5.82 Å². The Bertz CT molecular complexity index is 373. The molecule has 3 nitrogen and oxygen atoms in total. The molecule has 1 rings (SSSR count). The van der Waals surface area contributed by atoms with Crippen LogP contribution in [0.4, 0.5) is 4.39 Å². The van der Waals surface area contributed by atoms with Crippen molar-refractivity contribution >= 4 is 17.7 Å². The lowest BCUT2D eigenvalue weighted by Crippen LogP contribution is -2.39. The van der Waals surface area contributed by atoms with Crippen LogP contribution in [-0.4, -0.2) is 29.4 Å². The van der Waals surface area contributed by atoms with Gasteiger partial charge in [0.15, 0.2) is 0 Å². The van der Waals surface area contributed by atoms with E-state index >= 15 is 0 Å². The molecule has 0 saturated heterocycles. The number of hydrogen-bond acceptors (Lipinski definition) is 3. The summed E-state index contributed by atoms with van der Waals surface area (Å²) in [6.07, 6.45) is 0.869. The first-order chi connectivity index (χ1) is 8.15. The molecule has 0 spiro atoms. The van der Waals surface area contributed by atoms with E-state index in [0.717, 1.165) is 6.42 Å². The molecule has 0 aliphatic carbocycles. The van der Waals surface area contributed by atoms with Gasteiger partial charge in [-0.3, -0.25) is 4.79 Å². The summed E-state index contributed by atoms with van der Waals surface area (Å²) in [4.78, 5) is 11.4. The third-order valence-corrected chi connectivity index (χ3v) is 3.32. The predicted molar refractivity (Wildman–Crippen MR) is 66.8 cm³/mol. The van der Waals surface area contributed by atoms with Crippen molar-refractivity contribution < 1.29 is 14.3 Å². The number of halogens is 1. The number of carboxylic acid groups (broad SMARTS) is 1. The Hall–Kier alpha value is -1.07. The summed E-state index contributed by atoms with van der Waals surface area (Å²) in [5.41, 5.74) is 0. The molecule has 0 bridgehead atoms. The quantitative estimate of drug-likeness (QED) is 0.736. The van der Waals surface area contributed by atoms with Crippen molar-refractivity contribution in [2.45, 2.75) is 24.3 Å². The summed E-state index contributed by atoms with van der Waals surface area (Å²) in [5, 5.41) is 11.9. The normalized spacial score (nSPS) is 12.4. The smallest absolute Gasteiger partial charge is 0.321 e. The van der Waals surface area contributed by atoms with Gasteiger partial charge in [-0.1, -0.05) is 19.1 Å². The fraction of sp³-hybridized carbons (Fsp3) is 0.417. The standard InChI is InChI=1S/C12H16FNO2S/c1-2-7-14-10(12(15)16)8-17-11-6-4-3-5-9(11)13/h3-6,10,14H,2,7-8H2,1H3,(H,15,16). The average Bonchev–Trinajstić information content (AvgIpc) is 2.31. The summed E-state index contributed by atoms with van der Waals surface area (Å²) in [5.74, 6) is -0.893. The number of hydrogen-bond donors (Lipinski definition) is 2. The molecule has 1 aromatic rings. The number of benzene rings is 1. The van der Waals surface area contributed by atoms with Crippen LogP contribution in [0.15, 0.2) is 29.2 Å². The van der Waals surface area contributed by atoms with Gasteiger partial charge in [0.25, 0.3) is 0 Å². The van der Waals surface area contributed by atoms with Gasteiger partial charge in [0.1, 0.15) is 11.9 Å². The Morgan fingerprint density at radius 1 is 1.53 bits per heavy atom. The lowest BCUT2D eigenvalue weighted by Gasteiger charge is -2.13. The highest BCUT2D eigenvalue weighted by Crippen LogP contribution is 2.21. The minimum atomic E-state index is -0.901. The van der Waals surface area contributed by atoms with Gasteiger partial charge >= 0.3 is 5.97 Å². The van der Waals surface area contributed by atoms with Gasteiger partial charge in [-0.2, -0.15) is 0 Å². The van der Waals surface area contributed by atoms with Gasteiger partial charge in [-0.05, 0) is 25.1 Å². The van der Waals surface area contributed by atoms with Crippen LogP contribution in [0.1, 0.15) is 13.3 Å². The Balaban J connectivity index is 2.52. The van der Waals surface area contributed by atoms with E-state index in [0.29, 0.717) is 17.2 Å². The number of carbonyl (C=O) groups is 1. The van der Waals surface area contributed by atoms with Gasteiger partial charge < -0.3 is 10.4 Å². The minimum absolute atomic E-state index is 0.308. The highest BCUT2D eigenvalue weighted by Gasteiger charge is 2.17. The molecule has 0 amide bonds. The number of rotatable bonds is 7. The zero-order chi connectivity index (χ0) is 12.7. The van der Waals surface area contributed by atoms with Crippen molar-refractivity contribution in [1.82, 2.24) is 5.32 Å². The van der Waals surface area contributed by atoms with Crippen LogP contribution in [0.5, 0.6) is 0 Å². The highest BCUT2D eigenvalue weighted by molar-refractivity contribution is 7.99. The van der Waals surface area contributed by atoms with Crippen molar-refractivity contribution in [2.75, 3.05) is 12.3 Å². The minimum Gasteiger partial charge on any atom is -0.480 e. The van der Waals surface area contributed by atoms with Gasteiger partial charge in [-0.25, -0.2) is 4.39 Å². The second kappa shape index (κ2) is 7.29. The largest absolute Gasteiger partial charge is 0.480 e. The molecule has 0 saturated carbocycles. The number of aliphatic carboxylic acids is 1. The fourth-order valence-corrected chi connectivity index (χ4v) is 2.26. The van der Waals surface area contributed by atoms with Crippen LogP contribution >= 0.6 is 11.8 Å². The van der Waals surface area contributed by atoms with Crippen molar-refractivity contribution in [3.05, 3.63) is 30.1 Å².